The van der Waals surface area contributed by atoms with Gasteiger partial charge in [0.05, 0.1) is 14.2 Å². The summed E-state index contributed by atoms with van der Waals surface area (Å²) in [6, 6.07) is 13.1. The molecule has 168 valence electrons. The minimum Gasteiger partial charge on any atom is -0.497 e. The van der Waals surface area contributed by atoms with Gasteiger partial charge in [-0.05, 0) is 42.3 Å². The lowest BCUT2D eigenvalue weighted by atomic mass is 10.0. The lowest BCUT2D eigenvalue weighted by molar-refractivity contribution is -0.118. The molecule has 10 heteroatoms. The molecule has 1 heterocycles. The highest BCUT2D eigenvalue weighted by Crippen LogP contribution is 2.28. The van der Waals surface area contributed by atoms with E-state index in [0.717, 1.165) is 11.3 Å². The molecule has 0 aliphatic carbocycles. The molecule has 0 saturated heterocycles. The molecule has 3 amide bonds. The van der Waals surface area contributed by atoms with E-state index in [1.807, 2.05) is 38.1 Å². The van der Waals surface area contributed by atoms with Crippen molar-refractivity contribution in [3.05, 3.63) is 48.5 Å². The third kappa shape index (κ3) is 5.94. The molecule has 0 saturated carbocycles. The molecule has 9 nitrogen and oxygen atoms in total. The van der Waals surface area contributed by atoms with Crippen LogP contribution in [0.5, 0.6) is 11.5 Å². The van der Waals surface area contributed by atoms with Crippen molar-refractivity contribution in [1.29, 1.82) is 0 Å². The molecule has 0 radical (unpaired) electrons. The first kappa shape index (κ1) is 23.0. The zero-order valence-electron chi connectivity index (χ0n) is 18.2. The number of ether oxygens (including phenoxy) is 2. The maximum Gasteiger partial charge on any atom is 0.319 e. The van der Waals surface area contributed by atoms with E-state index in [2.05, 4.69) is 26.1 Å². The number of carbonyl (C=O) groups excluding carboxylic acids is 2. The molecule has 2 aromatic carbocycles. The molecule has 0 aliphatic heterocycles. The van der Waals surface area contributed by atoms with Crippen LogP contribution in [0.1, 0.15) is 13.8 Å². The van der Waals surface area contributed by atoms with Gasteiger partial charge in [-0.3, -0.25) is 10.1 Å². The van der Waals surface area contributed by atoms with Crippen molar-refractivity contribution in [3.8, 4) is 22.1 Å². The summed E-state index contributed by atoms with van der Waals surface area (Å²) in [5.41, 5.74) is 1.41. The molecule has 0 aliphatic rings. The number of urea groups is 1. The van der Waals surface area contributed by atoms with Crippen LogP contribution in [0.25, 0.3) is 10.6 Å². The Morgan fingerprint density at radius 3 is 2.31 bits per heavy atom. The van der Waals surface area contributed by atoms with Crippen LogP contribution in [0.15, 0.2) is 48.5 Å². The summed E-state index contributed by atoms with van der Waals surface area (Å²) in [5.74, 6) is 0.827. The van der Waals surface area contributed by atoms with Crippen molar-refractivity contribution in [1.82, 2.24) is 15.5 Å². The number of hydrogen-bond acceptors (Lipinski definition) is 7. The van der Waals surface area contributed by atoms with E-state index in [0.29, 0.717) is 21.6 Å². The van der Waals surface area contributed by atoms with Gasteiger partial charge >= 0.3 is 6.03 Å². The van der Waals surface area contributed by atoms with E-state index in [4.69, 9.17) is 9.47 Å². The standard InChI is InChI=1S/C22H25N5O4S/c1-13(2)18(24-21(29)23-15-6-5-7-17(12-15)31-4)19(28)25-22-27-26-20(32-22)14-8-10-16(30-3)11-9-14/h5-13,18H,1-4H3,(H2,23,24,29)(H,25,27,28). The first-order valence-corrected chi connectivity index (χ1v) is 10.7. The Morgan fingerprint density at radius 1 is 0.938 bits per heavy atom. The van der Waals surface area contributed by atoms with E-state index in [9.17, 15) is 9.59 Å². The van der Waals surface area contributed by atoms with Crippen LogP contribution in [-0.4, -0.2) is 42.4 Å². The lowest BCUT2D eigenvalue weighted by Gasteiger charge is -2.21. The van der Waals surface area contributed by atoms with Crippen LogP contribution in [-0.2, 0) is 4.79 Å². The van der Waals surface area contributed by atoms with Crippen LogP contribution >= 0.6 is 11.3 Å². The minimum absolute atomic E-state index is 0.153. The Balaban J connectivity index is 1.63. The fourth-order valence-corrected chi connectivity index (χ4v) is 3.60. The first-order chi connectivity index (χ1) is 15.4. The normalized spacial score (nSPS) is 11.5. The lowest BCUT2D eigenvalue weighted by Crippen LogP contribution is -2.48. The number of anilines is 2. The number of hydrogen-bond donors (Lipinski definition) is 3. The molecule has 3 aromatic rings. The maximum atomic E-state index is 12.8. The zero-order chi connectivity index (χ0) is 23.1. The van der Waals surface area contributed by atoms with E-state index in [1.54, 1.807) is 38.5 Å². The van der Waals surface area contributed by atoms with E-state index in [1.165, 1.54) is 11.3 Å². The highest BCUT2D eigenvalue weighted by Gasteiger charge is 2.25. The van der Waals surface area contributed by atoms with Crippen molar-refractivity contribution in [2.45, 2.75) is 19.9 Å². The largest absolute Gasteiger partial charge is 0.497 e. The molecular formula is C22H25N5O4S. The van der Waals surface area contributed by atoms with Gasteiger partial charge in [0, 0.05) is 17.3 Å². The van der Waals surface area contributed by atoms with Gasteiger partial charge < -0.3 is 20.1 Å². The molecule has 0 bridgehead atoms. The SMILES string of the molecule is COc1ccc(-c2nnc(NC(=O)C(NC(=O)Nc3cccc(OC)c3)C(C)C)s2)cc1. The molecular weight excluding hydrogens is 430 g/mol. The van der Waals surface area contributed by atoms with Crippen molar-refractivity contribution < 1.29 is 19.1 Å². The van der Waals surface area contributed by atoms with E-state index >= 15 is 0 Å². The molecule has 1 aromatic heterocycles. The third-order valence-electron chi connectivity index (χ3n) is 4.56. The topological polar surface area (TPSA) is 114 Å². The van der Waals surface area contributed by atoms with Crippen LogP contribution in [0, 0.1) is 5.92 Å². The molecule has 3 rings (SSSR count). The van der Waals surface area contributed by atoms with Crippen LogP contribution in [0.4, 0.5) is 15.6 Å². The third-order valence-corrected chi connectivity index (χ3v) is 5.44. The Labute approximate surface area is 190 Å². The first-order valence-electron chi connectivity index (χ1n) is 9.90. The number of benzene rings is 2. The number of aromatic nitrogens is 2. The van der Waals surface area contributed by atoms with Gasteiger partial charge in [-0.1, -0.05) is 31.3 Å². The fourth-order valence-electron chi connectivity index (χ4n) is 2.85. The average Bonchev–Trinajstić information content (AvgIpc) is 3.25. The monoisotopic (exact) mass is 455 g/mol. The summed E-state index contributed by atoms with van der Waals surface area (Å²) >= 11 is 1.25. The number of carbonyl (C=O) groups is 2. The van der Waals surface area contributed by atoms with Crippen molar-refractivity contribution in [3.63, 3.8) is 0 Å². The highest BCUT2D eigenvalue weighted by molar-refractivity contribution is 7.18. The van der Waals surface area contributed by atoms with Gasteiger partial charge in [0.25, 0.3) is 0 Å². The second-order valence-electron chi connectivity index (χ2n) is 7.18. The molecule has 32 heavy (non-hydrogen) atoms. The number of nitrogens with zero attached hydrogens (tertiary/aromatic N) is 2. The Morgan fingerprint density at radius 2 is 1.66 bits per heavy atom. The van der Waals surface area contributed by atoms with Gasteiger partial charge in [0.2, 0.25) is 11.0 Å². The summed E-state index contributed by atoms with van der Waals surface area (Å²) < 4.78 is 10.3. The minimum atomic E-state index is -0.769. The molecule has 0 spiro atoms. The number of methoxy groups -OCH3 is 2. The molecule has 1 unspecified atom stereocenters. The predicted molar refractivity (Wildman–Crippen MR) is 124 cm³/mol. The zero-order valence-corrected chi connectivity index (χ0v) is 19.0. The second-order valence-corrected chi connectivity index (χ2v) is 8.16. The van der Waals surface area contributed by atoms with Gasteiger partial charge in [-0.25, -0.2) is 4.79 Å². The number of nitrogens with one attached hydrogen (secondary N) is 3. The van der Waals surface area contributed by atoms with Crippen LogP contribution in [0.3, 0.4) is 0 Å². The van der Waals surface area contributed by atoms with Crippen molar-refractivity contribution >= 4 is 34.1 Å². The smallest absolute Gasteiger partial charge is 0.319 e. The van der Waals surface area contributed by atoms with Gasteiger partial charge in [0.15, 0.2) is 0 Å². The van der Waals surface area contributed by atoms with Gasteiger partial charge in [-0.15, -0.1) is 10.2 Å². The molecule has 3 N–H and O–H groups in total. The maximum absolute atomic E-state index is 12.8. The Kier molecular flexibility index (Phi) is 7.61. The quantitative estimate of drug-likeness (QED) is 0.473. The van der Waals surface area contributed by atoms with Crippen molar-refractivity contribution in [2.75, 3.05) is 24.9 Å². The highest BCUT2D eigenvalue weighted by atomic mass is 32.1. The summed E-state index contributed by atoms with van der Waals surface area (Å²) in [7, 11) is 3.15. The van der Waals surface area contributed by atoms with Gasteiger partial charge in [-0.2, -0.15) is 0 Å². The van der Waals surface area contributed by atoms with E-state index < -0.39 is 12.1 Å². The number of amides is 3. The summed E-state index contributed by atoms with van der Waals surface area (Å²) in [4.78, 5) is 25.3. The Bertz CT molecular complexity index is 1070. The average molecular weight is 456 g/mol. The predicted octanol–water partition coefficient (Wildman–Crippen LogP) is 4.01. The van der Waals surface area contributed by atoms with Gasteiger partial charge in [0.1, 0.15) is 22.5 Å². The second kappa shape index (κ2) is 10.6. The molecule has 1 atom stereocenters. The summed E-state index contributed by atoms with van der Waals surface area (Å²) in [5, 5.41) is 17.4. The van der Waals surface area contributed by atoms with Crippen LogP contribution < -0.4 is 25.4 Å². The summed E-state index contributed by atoms with van der Waals surface area (Å²) in [6.45, 7) is 3.69. The Hall–Kier alpha value is -3.66. The molecule has 0 fully saturated rings. The summed E-state index contributed by atoms with van der Waals surface area (Å²) in [6.07, 6.45) is 0. The number of rotatable bonds is 8. The van der Waals surface area contributed by atoms with Crippen molar-refractivity contribution in [2.24, 2.45) is 5.92 Å². The van der Waals surface area contributed by atoms with Crippen LogP contribution in [0.2, 0.25) is 0 Å². The fraction of sp³-hybridized carbons (Fsp3) is 0.273. The van der Waals surface area contributed by atoms with E-state index in [-0.39, 0.29) is 11.8 Å².